The molecule has 0 N–H and O–H groups in total. The highest BCUT2D eigenvalue weighted by Gasteiger charge is 2.22. The molecule has 1 heterocycles. The molecule has 0 spiro atoms. The van der Waals surface area contributed by atoms with E-state index < -0.39 is 0 Å². The number of methoxy groups -OCH3 is 1. The van der Waals surface area contributed by atoms with Crippen LogP contribution in [-0.2, 0) is 29.0 Å². The van der Waals surface area contributed by atoms with Crippen molar-refractivity contribution in [3.05, 3.63) is 77.4 Å². The minimum atomic E-state index is -0.247. The van der Waals surface area contributed by atoms with E-state index in [1.54, 1.807) is 7.11 Å². The van der Waals surface area contributed by atoms with Crippen LogP contribution in [-0.4, -0.2) is 23.8 Å². The topological polar surface area (TPSA) is 46.6 Å². The highest BCUT2D eigenvalue weighted by Crippen LogP contribution is 2.15. The molecule has 2 aromatic rings. The fourth-order valence-electron chi connectivity index (χ4n) is 2.66. The van der Waals surface area contributed by atoms with E-state index in [9.17, 15) is 9.59 Å². The summed E-state index contributed by atoms with van der Waals surface area (Å²) < 4.78 is 5.16. The van der Waals surface area contributed by atoms with Crippen LogP contribution < -0.4 is 4.74 Å². The van der Waals surface area contributed by atoms with E-state index in [0.29, 0.717) is 6.54 Å². The van der Waals surface area contributed by atoms with Gasteiger partial charge in [-0.1, -0.05) is 36.4 Å². The summed E-state index contributed by atoms with van der Waals surface area (Å²) >= 11 is 0. The minimum absolute atomic E-state index is 0.247. The third-order valence-electron chi connectivity index (χ3n) is 4.13. The fourth-order valence-corrected chi connectivity index (χ4v) is 2.66. The molecule has 3 rings (SSSR count). The number of carbonyl (C=O) groups is 2. The number of amides is 2. The van der Waals surface area contributed by atoms with Gasteiger partial charge in [-0.05, 0) is 41.7 Å². The molecule has 4 heteroatoms. The van der Waals surface area contributed by atoms with Crippen molar-refractivity contribution >= 4 is 11.8 Å². The van der Waals surface area contributed by atoms with Crippen molar-refractivity contribution in [2.45, 2.75) is 19.4 Å². The average Bonchev–Trinajstić information content (AvgIpc) is 2.93. The van der Waals surface area contributed by atoms with Crippen LogP contribution in [0, 0.1) is 0 Å². The second kappa shape index (κ2) is 7.13. The van der Waals surface area contributed by atoms with Gasteiger partial charge in [0.25, 0.3) is 11.8 Å². The summed E-state index contributed by atoms with van der Waals surface area (Å²) in [4.78, 5) is 24.4. The predicted octanol–water partition coefficient (Wildman–Crippen LogP) is 2.91. The van der Waals surface area contributed by atoms with E-state index in [1.165, 1.54) is 28.2 Å². The Labute approximate surface area is 141 Å². The van der Waals surface area contributed by atoms with Crippen molar-refractivity contribution in [2.24, 2.45) is 0 Å². The Bertz CT molecular complexity index is 742. The number of carbonyl (C=O) groups excluding carboxylic acids is 2. The van der Waals surface area contributed by atoms with E-state index >= 15 is 0 Å². The highest BCUT2D eigenvalue weighted by molar-refractivity contribution is 6.12. The van der Waals surface area contributed by atoms with Crippen molar-refractivity contribution in [2.75, 3.05) is 7.11 Å². The zero-order valence-corrected chi connectivity index (χ0v) is 13.6. The Hall–Kier alpha value is -2.88. The molecule has 0 radical (unpaired) electrons. The molecule has 122 valence electrons. The Morgan fingerprint density at radius 3 is 1.71 bits per heavy atom. The summed E-state index contributed by atoms with van der Waals surface area (Å²) in [6, 6.07) is 16.1. The number of imide groups is 1. The van der Waals surface area contributed by atoms with Gasteiger partial charge in [-0.2, -0.15) is 0 Å². The lowest BCUT2D eigenvalue weighted by Crippen LogP contribution is -2.29. The zero-order chi connectivity index (χ0) is 16.9. The van der Waals surface area contributed by atoms with Gasteiger partial charge in [0.15, 0.2) is 0 Å². The Morgan fingerprint density at radius 2 is 1.21 bits per heavy atom. The van der Waals surface area contributed by atoms with Crippen LogP contribution in [0.2, 0.25) is 0 Å². The molecule has 0 aliphatic carbocycles. The molecular weight excluding hydrogens is 302 g/mol. The van der Waals surface area contributed by atoms with Crippen molar-refractivity contribution < 1.29 is 14.3 Å². The van der Waals surface area contributed by atoms with E-state index in [2.05, 4.69) is 24.3 Å². The molecule has 0 atom stereocenters. The normalized spacial score (nSPS) is 13.6. The van der Waals surface area contributed by atoms with Crippen LogP contribution in [0.15, 0.2) is 60.7 Å². The number of rotatable bonds is 6. The molecule has 2 amide bonds. The van der Waals surface area contributed by atoms with Gasteiger partial charge in [-0.25, -0.2) is 0 Å². The largest absolute Gasteiger partial charge is 0.497 e. The fraction of sp³-hybridized carbons (Fsp3) is 0.200. The SMILES string of the molecule is COc1ccc(CCc2ccc(CN3C(=O)C=CC3=O)cc2)cc1. The third-order valence-corrected chi connectivity index (χ3v) is 4.13. The first kappa shape index (κ1) is 16.0. The van der Waals surface area contributed by atoms with Crippen LogP contribution >= 0.6 is 0 Å². The lowest BCUT2D eigenvalue weighted by atomic mass is 10.0. The maximum atomic E-state index is 11.6. The summed E-state index contributed by atoms with van der Waals surface area (Å²) in [5.41, 5.74) is 3.44. The molecule has 0 bridgehead atoms. The predicted molar refractivity (Wildman–Crippen MR) is 91.5 cm³/mol. The molecule has 0 unspecified atom stereocenters. The number of aryl methyl sites for hydroxylation is 2. The average molecular weight is 321 g/mol. The van der Waals surface area contributed by atoms with Crippen LogP contribution in [0.4, 0.5) is 0 Å². The standard InChI is InChI=1S/C20H19NO3/c1-24-18-10-8-16(9-11-18)3-2-15-4-6-17(7-5-15)14-21-19(22)12-13-20(21)23/h4-13H,2-3,14H2,1H3. The lowest BCUT2D eigenvalue weighted by Gasteiger charge is -2.14. The molecule has 2 aromatic carbocycles. The maximum absolute atomic E-state index is 11.6. The van der Waals surface area contributed by atoms with Gasteiger partial charge < -0.3 is 4.74 Å². The van der Waals surface area contributed by atoms with Crippen LogP contribution in [0.25, 0.3) is 0 Å². The molecule has 4 nitrogen and oxygen atoms in total. The van der Waals surface area contributed by atoms with Gasteiger partial charge in [0.2, 0.25) is 0 Å². The molecule has 0 fully saturated rings. The number of ether oxygens (including phenoxy) is 1. The van der Waals surface area contributed by atoms with Gasteiger partial charge in [-0.15, -0.1) is 0 Å². The lowest BCUT2D eigenvalue weighted by molar-refractivity contribution is -0.137. The summed E-state index contributed by atoms with van der Waals surface area (Å²) in [6.07, 6.45) is 4.52. The van der Waals surface area contributed by atoms with Crippen molar-refractivity contribution in [3.63, 3.8) is 0 Å². The molecule has 0 saturated carbocycles. The summed E-state index contributed by atoms with van der Waals surface area (Å²) in [5, 5.41) is 0. The summed E-state index contributed by atoms with van der Waals surface area (Å²) in [6.45, 7) is 0.323. The van der Waals surface area contributed by atoms with Gasteiger partial charge in [-0.3, -0.25) is 14.5 Å². The molecular formula is C20H19NO3. The molecule has 0 aromatic heterocycles. The molecule has 0 saturated heterocycles. The van der Waals surface area contributed by atoms with E-state index in [4.69, 9.17) is 4.74 Å². The maximum Gasteiger partial charge on any atom is 0.253 e. The second-order valence-electron chi connectivity index (χ2n) is 5.76. The Kier molecular flexibility index (Phi) is 4.75. The van der Waals surface area contributed by atoms with Gasteiger partial charge in [0.1, 0.15) is 5.75 Å². The first-order chi connectivity index (χ1) is 11.7. The number of hydrogen-bond acceptors (Lipinski definition) is 3. The second-order valence-corrected chi connectivity index (χ2v) is 5.76. The van der Waals surface area contributed by atoms with E-state index in [1.807, 2.05) is 24.3 Å². The van der Waals surface area contributed by atoms with E-state index in [0.717, 1.165) is 24.2 Å². The van der Waals surface area contributed by atoms with Crippen molar-refractivity contribution in [3.8, 4) is 5.75 Å². The van der Waals surface area contributed by atoms with Gasteiger partial charge in [0, 0.05) is 12.2 Å². The first-order valence-corrected chi connectivity index (χ1v) is 7.90. The quantitative estimate of drug-likeness (QED) is 0.769. The zero-order valence-electron chi connectivity index (χ0n) is 13.6. The Morgan fingerprint density at radius 1 is 0.750 bits per heavy atom. The number of benzene rings is 2. The van der Waals surface area contributed by atoms with E-state index in [-0.39, 0.29) is 11.8 Å². The van der Waals surface area contributed by atoms with Gasteiger partial charge in [0.05, 0.1) is 13.7 Å². The van der Waals surface area contributed by atoms with Crippen molar-refractivity contribution in [1.82, 2.24) is 4.90 Å². The summed E-state index contributed by atoms with van der Waals surface area (Å²) in [5.74, 6) is 0.371. The minimum Gasteiger partial charge on any atom is -0.497 e. The highest BCUT2D eigenvalue weighted by atomic mass is 16.5. The first-order valence-electron chi connectivity index (χ1n) is 7.90. The van der Waals surface area contributed by atoms with Crippen LogP contribution in [0.5, 0.6) is 5.75 Å². The van der Waals surface area contributed by atoms with Crippen LogP contribution in [0.3, 0.4) is 0 Å². The third kappa shape index (κ3) is 3.71. The Balaban J connectivity index is 1.56. The van der Waals surface area contributed by atoms with Gasteiger partial charge >= 0.3 is 0 Å². The summed E-state index contributed by atoms with van der Waals surface area (Å²) in [7, 11) is 1.66. The smallest absolute Gasteiger partial charge is 0.253 e. The number of hydrogen-bond donors (Lipinski definition) is 0. The molecule has 1 aliphatic rings. The molecule has 1 aliphatic heterocycles. The number of nitrogens with zero attached hydrogens (tertiary/aromatic N) is 1. The molecule has 24 heavy (non-hydrogen) atoms. The van der Waals surface area contributed by atoms with Crippen molar-refractivity contribution in [1.29, 1.82) is 0 Å². The van der Waals surface area contributed by atoms with Crippen LogP contribution in [0.1, 0.15) is 16.7 Å². The monoisotopic (exact) mass is 321 g/mol.